The van der Waals surface area contributed by atoms with Crippen molar-refractivity contribution in [3.8, 4) is 11.5 Å². The maximum atomic E-state index is 13.4. The number of methoxy groups -OCH3 is 2. The molecule has 1 spiro atoms. The van der Waals surface area contributed by atoms with E-state index >= 15 is 0 Å². The number of nitrogens with zero attached hydrogens (tertiary/aromatic N) is 2. The molecule has 2 aliphatic heterocycles. The molecular weight excluding hydrogens is 372 g/mol. The minimum atomic E-state index is -0.504. The molecule has 0 radical (unpaired) electrons. The van der Waals surface area contributed by atoms with Gasteiger partial charge in [0.25, 0.3) is 0 Å². The highest BCUT2D eigenvalue weighted by Crippen LogP contribution is 2.41. The zero-order valence-electron chi connectivity index (χ0n) is 17.5. The van der Waals surface area contributed by atoms with Crippen molar-refractivity contribution >= 4 is 17.6 Å². The molecule has 0 bridgehead atoms. The molecule has 2 fully saturated rings. The largest absolute Gasteiger partial charge is 0.493 e. The van der Waals surface area contributed by atoms with E-state index in [0.717, 1.165) is 18.4 Å². The molecule has 2 heterocycles. The van der Waals surface area contributed by atoms with E-state index in [2.05, 4.69) is 0 Å². The van der Waals surface area contributed by atoms with Crippen molar-refractivity contribution in [2.24, 2.45) is 5.41 Å². The fraction of sp³-hybridized carbons (Fsp3) is 0.591. The van der Waals surface area contributed by atoms with Gasteiger partial charge in [0, 0.05) is 44.6 Å². The summed E-state index contributed by atoms with van der Waals surface area (Å²) in [6, 6.07) is 5.68. The van der Waals surface area contributed by atoms with Crippen molar-refractivity contribution in [3.05, 3.63) is 23.8 Å². The van der Waals surface area contributed by atoms with Crippen LogP contribution in [0.4, 0.5) is 0 Å². The molecule has 2 aliphatic rings. The van der Waals surface area contributed by atoms with Crippen LogP contribution in [0.3, 0.4) is 0 Å². The number of ketones is 1. The number of carbonyl (C=O) groups is 3. The smallest absolute Gasteiger partial charge is 0.230 e. The molecule has 0 N–H and O–H groups in total. The summed E-state index contributed by atoms with van der Waals surface area (Å²) < 4.78 is 10.9. The molecule has 0 unspecified atom stereocenters. The third-order valence-electron chi connectivity index (χ3n) is 6.07. The minimum Gasteiger partial charge on any atom is -0.493 e. The van der Waals surface area contributed by atoms with Gasteiger partial charge in [-0.1, -0.05) is 12.1 Å². The topological polar surface area (TPSA) is 76.2 Å². The van der Waals surface area contributed by atoms with Crippen molar-refractivity contribution in [2.45, 2.75) is 45.6 Å². The van der Waals surface area contributed by atoms with Crippen molar-refractivity contribution in [3.63, 3.8) is 0 Å². The summed E-state index contributed by atoms with van der Waals surface area (Å²) in [7, 11) is 3.20. The molecule has 0 saturated carbocycles. The van der Waals surface area contributed by atoms with Crippen LogP contribution in [0, 0.1) is 5.41 Å². The highest BCUT2D eigenvalue weighted by Gasteiger charge is 2.49. The Kier molecular flexibility index (Phi) is 6.45. The Bertz CT molecular complexity index is 793. The second-order valence-corrected chi connectivity index (χ2v) is 8.03. The summed E-state index contributed by atoms with van der Waals surface area (Å²) in [5, 5.41) is 0. The minimum absolute atomic E-state index is 0.0133. The van der Waals surface area contributed by atoms with E-state index in [1.54, 1.807) is 19.1 Å². The molecule has 1 aromatic carbocycles. The number of hydrogen-bond acceptors (Lipinski definition) is 5. The van der Waals surface area contributed by atoms with E-state index < -0.39 is 5.41 Å². The van der Waals surface area contributed by atoms with Crippen LogP contribution in [0.25, 0.3) is 0 Å². The highest BCUT2D eigenvalue weighted by molar-refractivity contribution is 5.87. The van der Waals surface area contributed by atoms with Crippen LogP contribution in [0.1, 0.15) is 44.6 Å². The first-order valence-electron chi connectivity index (χ1n) is 10.2. The lowest BCUT2D eigenvalue weighted by Gasteiger charge is -2.39. The number of piperidine rings is 1. The first-order chi connectivity index (χ1) is 13.9. The normalized spacial score (nSPS) is 21.6. The maximum absolute atomic E-state index is 13.4. The first-order valence-corrected chi connectivity index (χ1v) is 10.2. The zero-order chi connectivity index (χ0) is 21.0. The number of rotatable bonds is 7. The number of para-hydroxylation sites is 1. The van der Waals surface area contributed by atoms with Crippen LogP contribution in [-0.2, 0) is 20.9 Å². The average Bonchev–Trinajstić information content (AvgIpc) is 3.14. The molecule has 7 nitrogen and oxygen atoms in total. The van der Waals surface area contributed by atoms with Gasteiger partial charge in [-0.2, -0.15) is 0 Å². The number of Topliss-reactive ketones (excluding diaryl/α,β-unsaturated/α-hetero) is 1. The van der Waals surface area contributed by atoms with Gasteiger partial charge in [-0.05, 0) is 32.3 Å². The van der Waals surface area contributed by atoms with E-state index in [4.69, 9.17) is 9.47 Å². The Balaban J connectivity index is 1.71. The second kappa shape index (κ2) is 8.84. The lowest BCUT2D eigenvalue weighted by atomic mass is 9.78. The SMILES string of the molecule is COc1cccc(CN2CCC[C@]3(CCN(C(=O)CCC(C)=O)C3)C2=O)c1OC. The first kappa shape index (κ1) is 21.1. The van der Waals surface area contributed by atoms with Crippen LogP contribution in [0.5, 0.6) is 11.5 Å². The molecule has 7 heteroatoms. The van der Waals surface area contributed by atoms with E-state index in [1.807, 2.05) is 23.1 Å². The van der Waals surface area contributed by atoms with E-state index in [-0.39, 0.29) is 30.4 Å². The molecule has 1 aromatic rings. The molecule has 2 amide bonds. The molecule has 29 heavy (non-hydrogen) atoms. The molecule has 3 rings (SSSR count). The van der Waals surface area contributed by atoms with Gasteiger partial charge in [-0.15, -0.1) is 0 Å². The summed E-state index contributed by atoms with van der Waals surface area (Å²) in [6.45, 7) is 3.68. The Labute approximate surface area is 171 Å². The summed E-state index contributed by atoms with van der Waals surface area (Å²) >= 11 is 0. The quantitative estimate of drug-likeness (QED) is 0.700. The van der Waals surface area contributed by atoms with Crippen LogP contribution in [0.15, 0.2) is 18.2 Å². The average molecular weight is 402 g/mol. The summed E-state index contributed by atoms with van der Waals surface area (Å²) in [6.07, 6.45) is 2.88. The Morgan fingerprint density at radius 2 is 1.90 bits per heavy atom. The van der Waals surface area contributed by atoms with Crippen LogP contribution in [0.2, 0.25) is 0 Å². The van der Waals surface area contributed by atoms with Crippen LogP contribution < -0.4 is 9.47 Å². The Hall–Kier alpha value is -2.57. The fourth-order valence-electron chi connectivity index (χ4n) is 4.49. The maximum Gasteiger partial charge on any atom is 0.230 e. The Morgan fingerprint density at radius 1 is 1.10 bits per heavy atom. The van der Waals surface area contributed by atoms with Gasteiger partial charge in [0.05, 0.1) is 19.6 Å². The standard InChI is InChI=1S/C22H30N2O5/c1-16(25)8-9-19(26)24-13-11-22(15-24)10-5-12-23(21(22)27)14-17-6-4-7-18(28-2)20(17)29-3/h4,6-7H,5,8-15H2,1-3H3/t22-/m1/s1. The van der Waals surface area contributed by atoms with Gasteiger partial charge in [-0.25, -0.2) is 0 Å². The molecular formula is C22H30N2O5. The molecule has 2 saturated heterocycles. The molecule has 0 aromatic heterocycles. The van der Waals surface area contributed by atoms with E-state index in [1.165, 1.54) is 6.92 Å². The Morgan fingerprint density at radius 3 is 2.59 bits per heavy atom. The summed E-state index contributed by atoms with van der Waals surface area (Å²) in [5.74, 6) is 1.38. The van der Waals surface area contributed by atoms with Gasteiger partial charge >= 0.3 is 0 Å². The number of likely N-dealkylation sites (tertiary alicyclic amines) is 2. The number of amides is 2. The van der Waals surface area contributed by atoms with Crippen LogP contribution in [-0.4, -0.2) is 61.3 Å². The molecule has 158 valence electrons. The van der Waals surface area contributed by atoms with Crippen LogP contribution >= 0.6 is 0 Å². The van der Waals surface area contributed by atoms with Gasteiger partial charge in [0.15, 0.2) is 11.5 Å². The second-order valence-electron chi connectivity index (χ2n) is 8.03. The summed E-state index contributed by atoms with van der Waals surface area (Å²) in [4.78, 5) is 40.6. The van der Waals surface area contributed by atoms with Crippen molar-refractivity contribution in [1.29, 1.82) is 0 Å². The lowest BCUT2D eigenvalue weighted by Crippen LogP contribution is -2.50. The zero-order valence-corrected chi connectivity index (χ0v) is 17.5. The molecule has 0 aliphatic carbocycles. The predicted molar refractivity (Wildman–Crippen MR) is 108 cm³/mol. The molecule has 1 atom stereocenters. The lowest BCUT2D eigenvalue weighted by molar-refractivity contribution is -0.147. The van der Waals surface area contributed by atoms with Gasteiger partial charge < -0.3 is 24.1 Å². The van der Waals surface area contributed by atoms with Crippen molar-refractivity contribution in [1.82, 2.24) is 9.80 Å². The number of hydrogen-bond donors (Lipinski definition) is 0. The van der Waals surface area contributed by atoms with E-state index in [0.29, 0.717) is 44.1 Å². The predicted octanol–water partition coefficient (Wildman–Crippen LogP) is 2.41. The third-order valence-corrected chi connectivity index (χ3v) is 6.07. The van der Waals surface area contributed by atoms with Gasteiger partial charge in [-0.3, -0.25) is 9.59 Å². The van der Waals surface area contributed by atoms with Crippen molar-refractivity contribution in [2.75, 3.05) is 33.9 Å². The van der Waals surface area contributed by atoms with Gasteiger partial charge in [0.1, 0.15) is 5.78 Å². The third kappa shape index (κ3) is 4.38. The monoisotopic (exact) mass is 402 g/mol. The fourth-order valence-corrected chi connectivity index (χ4v) is 4.49. The van der Waals surface area contributed by atoms with Crippen molar-refractivity contribution < 1.29 is 23.9 Å². The number of carbonyl (C=O) groups excluding carboxylic acids is 3. The van der Waals surface area contributed by atoms with Gasteiger partial charge in [0.2, 0.25) is 11.8 Å². The number of benzene rings is 1. The summed E-state index contributed by atoms with van der Waals surface area (Å²) in [5.41, 5.74) is 0.403. The number of ether oxygens (including phenoxy) is 2. The highest BCUT2D eigenvalue weighted by atomic mass is 16.5. The van der Waals surface area contributed by atoms with E-state index in [9.17, 15) is 14.4 Å².